The van der Waals surface area contributed by atoms with Gasteiger partial charge in [0.25, 0.3) is 0 Å². The first-order valence-corrected chi connectivity index (χ1v) is 8.32. The molecule has 2 atom stereocenters. The molecule has 3 heteroatoms. The van der Waals surface area contributed by atoms with Crippen molar-refractivity contribution in [3.8, 4) is 0 Å². The normalized spacial score (nSPS) is 26.9. The van der Waals surface area contributed by atoms with Gasteiger partial charge in [0, 0.05) is 29.9 Å². The van der Waals surface area contributed by atoms with E-state index in [4.69, 9.17) is 9.47 Å². The zero-order chi connectivity index (χ0) is 14.5. The molecule has 112 valence electrons. The van der Waals surface area contributed by atoms with Crippen molar-refractivity contribution < 1.29 is 9.47 Å². The van der Waals surface area contributed by atoms with E-state index in [2.05, 4.69) is 38.1 Å². The van der Waals surface area contributed by atoms with Crippen LogP contribution in [-0.4, -0.2) is 19.5 Å². The summed E-state index contributed by atoms with van der Waals surface area (Å²) in [4.78, 5) is 1.35. The molecule has 0 saturated heterocycles. The molecule has 0 bridgehead atoms. The second kappa shape index (κ2) is 7.48. The minimum absolute atomic E-state index is 0.260. The molecular weight excluding hydrogens is 268 g/mol. The summed E-state index contributed by atoms with van der Waals surface area (Å²) in [6.07, 6.45) is 3.81. The Morgan fingerprint density at radius 2 is 1.50 bits per heavy atom. The first-order valence-electron chi connectivity index (χ1n) is 7.44. The minimum Gasteiger partial charge on any atom is -0.352 e. The van der Waals surface area contributed by atoms with Crippen molar-refractivity contribution in [1.82, 2.24) is 0 Å². The average molecular weight is 294 g/mol. The first kappa shape index (κ1) is 15.9. The predicted octanol–water partition coefficient (Wildman–Crippen LogP) is 4.89. The molecule has 20 heavy (non-hydrogen) atoms. The summed E-state index contributed by atoms with van der Waals surface area (Å²) in [6.45, 7) is 4.77. The third-order valence-electron chi connectivity index (χ3n) is 4.02. The molecule has 0 amide bonds. The summed E-state index contributed by atoms with van der Waals surface area (Å²) in [5.41, 5.74) is 1.07. The van der Waals surface area contributed by atoms with E-state index in [0.717, 1.165) is 22.6 Å². The van der Waals surface area contributed by atoms with Crippen LogP contribution in [0.1, 0.15) is 45.0 Å². The van der Waals surface area contributed by atoms with E-state index in [0.29, 0.717) is 0 Å². The molecule has 1 aliphatic carbocycles. The highest BCUT2D eigenvalue weighted by Gasteiger charge is 2.24. The summed E-state index contributed by atoms with van der Waals surface area (Å²) >= 11 is 2.03. The third kappa shape index (κ3) is 4.24. The van der Waals surface area contributed by atoms with E-state index in [-0.39, 0.29) is 6.29 Å². The van der Waals surface area contributed by atoms with Crippen molar-refractivity contribution in [3.63, 3.8) is 0 Å². The topological polar surface area (TPSA) is 18.5 Å². The van der Waals surface area contributed by atoms with Gasteiger partial charge in [-0.3, -0.25) is 0 Å². The van der Waals surface area contributed by atoms with Crippen molar-refractivity contribution in [3.05, 3.63) is 29.8 Å². The highest BCUT2D eigenvalue weighted by molar-refractivity contribution is 8.00. The Labute approximate surface area is 127 Å². The van der Waals surface area contributed by atoms with E-state index in [1.165, 1.54) is 24.2 Å². The van der Waals surface area contributed by atoms with Crippen molar-refractivity contribution >= 4 is 11.8 Å². The molecule has 2 rings (SSSR count). The van der Waals surface area contributed by atoms with Crippen LogP contribution in [0.3, 0.4) is 0 Å². The SMILES string of the molecule is COC(OC)c1ccc(SC2CC(C)CC(C)C2)cc1. The summed E-state index contributed by atoms with van der Waals surface area (Å²) < 4.78 is 10.5. The molecular formula is C17H26O2S. The second-order valence-corrected chi connectivity index (χ2v) is 7.40. The fourth-order valence-corrected chi connectivity index (χ4v) is 4.76. The van der Waals surface area contributed by atoms with Crippen LogP contribution in [0.2, 0.25) is 0 Å². The highest BCUT2D eigenvalue weighted by atomic mass is 32.2. The number of hydrogen-bond donors (Lipinski definition) is 0. The lowest BCUT2D eigenvalue weighted by Crippen LogP contribution is -2.21. The molecule has 0 aliphatic heterocycles. The third-order valence-corrected chi connectivity index (χ3v) is 5.28. The number of benzene rings is 1. The van der Waals surface area contributed by atoms with Gasteiger partial charge in [0.1, 0.15) is 0 Å². The molecule has 0 radical (unpaired) electrons. The Morgan fingerprint density at radius 1 is 0.950 bits per heavy atom. The quantitative estimate of drug-likeness (QED) is 0.720. The smallest absolute Gasteiger partial charge is 0.183 e. The van der Waals surface area contributed by atoms with E-state index < -0.39 is 0 Å². The molecule has 1 saturated carbocycles. The maximum absolute atomic E-state index is 5.27. The van der Waals surface area contributed by atoms with Crippen LogP contribution in [-0.2, 0) is 9.47 Å². The lowest BCUT2D eigenvalue weighted by Gasteiger charge is -2.31. The van der Waals surface area contributed by atoms with E-state index in [9.17, 15) is 0 Å². The van der Waals surface area contributed by atoms with Gasteiger partial charge in [-0.2, -0.15) is 0 Å². The number of thioether (sulfide) groups is 1. The second-order valence-electron chi connectivity index (χ2n) is 6.03. The fourth-order valence-electron chi connectivity index (χ4n) is 3.23. The first-order chi connectivity index (χ1) is 9.62. The van der Waals surface area contributed by atoms with Gasteiger partial charge in [0.15, 0.2) is 6.29 Å². The Balaban J connectivity index is 1.96. The van der Waals surface area contributed by atoms with E-state index >= 15 is 0 Å². The maximum atomic E-state index is 5.27. The summed E-state index contributed by atoms with van der Waals surface area (Å²) in [7, 11) is 3.34. The molecule has 0 spiro atoms. The molecule has 2 unspecified atom stereocenters. The Morgan fingerprint density at radius 3 is 2.00 bits per heavy atom. The zero-order valence-corrected chi connectivity index (χ0v) is 13.8. The summed E-state index contributed by atoms with van der Waals surface area (Å²) in [5.74, 6) is 1.73. The minimum atomic E-state index is -0.260. The van der Waals surface area contributed by atoms with Crippen molar-refractivity contribution in [2.75, 3.05) is 14.2 Å². The van der Waals surface area contributed by atoms with Crippen molar-refractivity contribution in [1.29, 1.82) is 0 Å². The Kier molecular flexibility index (Phi) is 5.94. The molecule has 1 aromatic carbocycles. The largest absolute Gasteiger partial charge is 0.352 e. The maximum Gasteiger partial charge on any atom is 0.183 e. The van der Waals surface area contributed by atoms with Crippen LogP contribution >= 0.6 is 11.8 Å². The average Bonchev–Trinajstić information content (AvgIpc) is 2.41. The van der Waals surface area contributed by atoms with Gasteiger partial charge in [-0.25, -0.2) is 0 Å². The number of ether oxygens (including phenoxy) is 2. The van der Waals surface area contributed by atoms with Gasteiger partial charge < -0.3 is 9.47 Å². The van der Waals surface area contributed by atoms with Crippen LogP contribution in [0.25, 0.3) is 0 Å². The van der Waals surface area contributed by atoms with Crippen LogP contribution in [0.4, 0.5) is 0 Å². The van der Waals surface area contributed by atoms with Crippen LogP contribution in [0, 0.1) is 11.8 Å². The fraction of sp³-hybridized carbons (Fsp3) is 0.647. The number of hydrogen-bond acceptors (Lipinski definition) is 3. The molecule has 0 heterocycles. The lowest BCUT2D eigenvalue weighted by molar-refractivity contribution is -0.106. The molecule has 1 fully saturated rings. The van der Waals surface area contributed by atoms with Gasteiger partial charge in [-0.15, -0.1) is 11.8 Å². The predicted molar refractivity (Wildman–Crippen MR) is 85.0 cm³/mol. The Bertz CT molecular complexity index is 390. The lowest BCUT2D eigenvalue weighted by atomic mass is 9.83. The van der Waals surface area contributed by atoms with Crippen LogP contribution < -0.4 is 0 Å². The summed E-state index contributed by atoms with van der Waals surface area (Å²) in [6, 6.07) is 8.59. The molecule has 0 N–H and O–H groups in total. The van der Waals surface area contributed by atoms with Gasteiger partial charge in [0.05, 0.1) is 0 Å². The zero-order valence-electron chi connectivity index (χ0n) is 13.0. The van der Waals surface area contributed by atoms with Crippen molar-refractivity contribution in [2.45, 2.75) is 49.5 Å². The van der Waals surface area contributed by atoms with Gasteiger partial charge in [0.2, 0.25) is 0 Å². The van der Waals surface area contributed by atoms with Gasteiger partial charge in [-0.05, 0) is 43.2 Å². The molecule has 1 aromatic rings. The van der Waals surface area contributed by atoms with E-state index in [1.807, 2.05) is 11.8 Å². The van der Waals surface area contributed by atoms with Crippen molar-refractivity contribution in [2.24, 2.45) is 11.8 Å². The summed E-state index contributed by atoms with van der Waals surface area (Å²) in [5, 5.41) is 0.764. The monoisotopic (exact) mass is 294 g/mol. The van der Waals surface area contributed by atoms with Gasteiger partial charge in [-0.1, -0.05) is 26.0 Å². The van der Waals surface area contributed by atoms with Gasteiger partial charge >= 0.3 is 0 Å². The van der Waals surface area contributed by atoms with Crippen LogP contribution in [0.5, 0.6) is 0 Å². The molecule has 1 aliphatic rings. The number of methoxy groups -OCH3 is 2. The highest BCUT2D eigenvalue weighted by Crippen LogP contribution is 2.38. The van der Waals surface area contributed by atoms with Crippen LogP contribution in [0.15, 0.2) is 29.2 Å². The molecule has 2 nitrogen and oxygen atoms in total. The van der Waals surface area contributed by atoms with E-state index in [1.54, 1.807) is 14.2 Å². The number of rotatable bonds is 5. The standard InChI is InChI=1S/C17H26O2S/c1-12-9-13(2)11-16(10-12)20-15-7-5-14(6-8-15)17(18-3)19-4/h5-8,12-13,16-17H,9-11H2,1-4H3. The molecule has 0 aromatic heterocycles. The Hall–Kier alpha value is -0.510.